The molecule has 2 aromatic rings. The summed E-state index contributed by atoms with van der Waals surface area (Å²) in [7, 11) is 0. The summed E-state index contributed by atoms with van der Waals surface area (Å²) < 4.78 is 40.6. The van der Waals surface area contributed by atoms with Crippen molar-refractivity contribution < 1.29 is 23.0 Å². The Morgan fingerprint density at radius 2 is 1.70 bits per heavy atom. The van der Waals surface area contributed by atoms with Crippen molar-refractivity contribution in [1.82, 2.24) is 0 Å². The first-order chi connectivity index (χ1) is 9.24. The van der Waals surface area contributed by atoms with Crippen molar-refractivity contribution in [2.24, 2.45) is 0 Å². The second-order valence-corrected chi connectivity index (χ2v) is 4.58. The summed E-state index contributed by atoms with van der Waals surface area (Å²) in [5.74, 6) is -0.712. The zero-order valence-corrected chi connectivity index (χ0v) is 11.0. The number of hydrogen-bond donors (Lipinski definition) is 1. The third-order valence-corrected chi connectivity index (χ3v) is 2.83. The molecule has 0 fully saturated rings. The normalized spacial score (nSPS) is 11.4. The molecular formula is C15H13F3O2. The first kappa shape index (κ1) is 14.2. The largest absolute Gasteiger partial charge is 0.573 e. The van der Waals surface area contributed by atoms with Crippen LogP contribution in [0.15, 0.2) is 36.4 Å². The molecule has 0 heterocycles. The molecule has 0 aliphatic rings. The van der Waals surface area contributed by atoms with E-state index in [2.05, 4.69) is 4.74 Å². The van der Waals surface area contributed by atoms with Crippen LogP contribution in [0.25, 0.3) is 11.1 Å². The lowest BCUT2D eigenvalue weighted by Gasteiger charge is -2.12. The summed E-state index contributed by atoms with van der Waals surface area (Å²) in [6.07, 6.45) is -4.79. The highest BCUT2D eigenvalue weighted by atomic mass is 19.4. The van der Waals surface area contributed by atoms with E-state index in [9.17, 15) is 18.3 Å². The fourth-order valence-corrected chi connectivity index (χ4v) is 1.98. The minimum Gasteiger partial charge on any atom is -0.508 e. The molecule has 0 bridgehead atoms. The number of halogens is 3. The van der Waals surface area contributed by atoms with Gasteiger partial charge in [-0.25, -0.2) is 0 Å². The zero-order chi connectivity index (χ0) is 14.9. The zero-order valence-electron chi connectivity index (χ0n) is 11.0. The Bertz CT molecular complexity index is 634. The molecule has 0 atom stereocenters. The van der Waals surface area contributed by atoms with Gasteiger partial charge < -0.3 is 9.84 Å². The lowest BCUT2D eigenvalue weighted by Crippen LogP contribution is -2.17. The summed E-state index contributed by atoms with van der Waals surface area (Å²) in [5, 5.41) is 9.56. The Morgan fingerprint density at radius 1 is 1.00 bits per heavy atom. The van der Waals surface area contributed by atoms with Crippen LogP contribution in [0.5, 0.6) is 11.5 Å². The molecule has 0 aliphatic heterocycles. The minimum absolute atomic E-state index is 0.275. The van der Waals surface area contributed by atoms with Crippen LogP contribution >= 0.6 is 0 Å². The highest BCUT2D eigenvalue weighted by molar-refractivity contribution is 5.70. The molecule has 106 valence electrons. The van der Waals surface area contributed by atoms with Crippen LogP contribution in [0.1, 0.15) is 11.1 Å². The fourth-order valence-electron chi connectivity index (χ4n) is 1.98. The van der Waals surface area contributed by atoms with E-state index in [-0.39, 0.29) is 5.75 Å². The molecule has 0 amide bonds. The average Bonchev–Trinajstić information content (AvgIpc) is 2.29. The molecule has 20 heavy (non-hydrogen) atoms. The minimum atomic E-state index is -4.79. The number of hydrogen-bond acceptors (Lipinski definition) is 2. The number of aromatic hydroxyl groups is 1. The molecule has 0 saturated carbocycles. The van der Waals surface area contributed by atoms with Gasteiger partial charge in [-0.2, -0.15) is 0 Å². The van der Waals surface area contributed by atoms with Crippen molar-refractivity contribution in [3.05, 3.63) is 47.5 Å². The predicted molar refractivity (Wildman–Crippen MR) is 69.7 cm³/mol. The summed E-state index contributed by atoms with van der Waals surface area (Å²) in [4.78, 5) is 0. The van der Waals surface area contributed by atoms with Gasteiger partial charge in [0.1, 0.15) is 11.5 Å². The van der Waals surface area contributed by atoms with Gasteiger partial charge in [0.15, 0.2) is 0 Å². The van der Waals surface area contributed by atoms with Crippen LogP contribution in [-0.4, -0.2) is 11.5 Å². The predicted octanol–water partition coefficient (Wildman–Crippen LogP) is 4.57. The van der Waals surface area contributed by atoms with Crippen molar-refractivity contribution in [1.29, 1.82) is 0 Å². The maximum Gasteiger partial charge on any atom is 0.573 e. The Labute approximate surface area is 114 Å². The van der Waals surface area contributed by atoms with Gasteiger partial charge in [-0.15, -0.1) is 13.2 Å². The third kappa shape index (κ3) is 3.44. The van der Waals surface area contributed by atoms with Crippen molar-refractivity contribution in [2.45, 2.75) is 20.2 Å². The fraction of sp³-hybridized carbons (Fsp3) is 0.200. The van der Waals surface area contributed by atoms with Gasteiger partial charge in [-0.3, -0.25) is 0 Å². The van der Waals surface area contributed by atoms with Crippen molar-refractivity contribution in [2.75, 3.05) is 0 Å². The number of aryl methyl sites for hydroxylation is 2. The van der Waals surface area contributed by atoms with Gasteiger partial charge >= 0.3 is 6.36 Å². The topological polar surface area (TPSA) is 29.5 Å². The molecule has 0 unspecified atom stereocenters. The number of benzene rings is 2. The van der Waals surface area contributed by atoms with Crippen molar-refractivity contribution >= 4 is 0 Å². The smallest absolute Gasteiger partial charge is 0.508 e. The lowest BCUT2D eigenvalue weighted by molar-refractivity contribution is -0.274. The first-order valence-corrected chi connectivity index (χ1v) is 5.92. The molecule has 0 radical (unpaired) electrons. The third-order valence-electron chi connectivity index (χ3n) is 2.83. The highest BCUT2D eigenvalue weighted by Gasteiger charge is 2.31. The van der Waals surface area contributed by atoms with Crippen LogP contribution in [0.3, 0.4) is 0 Å². The van der Waals surface area contributed by atoms with Gasteiger partial charge in [0, 0.05) is 6.07 Å². The van der Waals surface area contributed by atoms with E-state index < -0.39 is 12.1 Å². The Morgan fingerprint density at radius 3 is 2.35 bits per heavy atom. The molecule has 2 aromatic carbocycles. The highest BCUT2D eigenvalue weighted by Crippen LogP contribution is 2.33. The number of alkyl halides is 3. The second-order valence-electron chi connectivity index (χ2n) is 4.58. The van der Waals surface area contributed by atoms with Gasteiger partial charge in [0.2, 0.25) is 0 Å². The Kier molecular flexibility index (Phi) is 3.61. The van der Waals surface area contributed by atoms with Crippen LogP contribution in [0.2, 0.25) is 0 Å². The molecule has 0 aliphatic carbocycles. The van der Waals surface area contributed by atoms with E-state index in [1.807, 2.05) is 32.0 Å². The maximum absolute atomic E-state index is 12.2. The molecule has 0 saturated heterocycles. The van der Waals surface area contributed by atoms with E-state index in [0.717, 1.165) is 22.8 Å². The molecule has 2 nitrogen and oxygen atoms in total. The molecular weight excluding hydrogens is 269 g/mol. The molecule has 0 spiro atoms. The number of phenolic OH excluding ortho intramolecular Hbond substituents is 1. The van der Waals surface area contributed by atoms with E-state index in [1.165, 1.54) is 12.1 Å². The monoisotopic (exact) mass is 282 g/mol. The second kappa shape index (κ2) is 5.07. The van der Waals surface area contributed by atoms with Gasteiger partial charge in [-0.05, 0) is 42.7 Å². The number of phenols is 1. The summed E-state index contributed by atoms with van der Waals surface area (Å²) >= 11 is 0. The molecule has 1 N–H and O–H groups in total. The first-order valence-electron chi connectivity index (χ1n) is 5.92. The Balaban J connectivity index is 2.49. The SMILES string of the molecule is Cc1ccc(C)c(-c2cc(O)cc(OC(F)(F)F)c2)c1. The van der Waals surface area contributed by atoms with Crippen LogP contribution < -0.4 is 4.74 Å². The van der Waals surface area contributed by atoms with Crippen LogP contribution in [-0.2, 0) is 0 Å². The van der Waals surface area contributed by atoms with Crippen molar-refractivity contribution in [3.8, 4) is 22.6 Å². The van der Waals surface area contributed by atoms with Crippen LogP contribution in [0.4, 0.5) is 13.2 Å². The van der Waals surface area contributed by atoms with E-state index >= 15 is 0 Å². The Hall–Kier alpha value is -2.17. The molecule has 2 rings (SSSR count). The number of ether oxygens (including phenoxy) is 1. The van der Waals surface area contributed by atoms with E-state index in [0.29, 0.717) is 5.56 Å². The van der Waals surface area contributed by atoms with Gasteiger partial charge in [0.25, 0.3) is 0 Å². The van der Waals surface area contributed by atoms with Crippen LogP contribution in [0, 0.1) is 13.8 Å². The van der Waals surface area contributed by atoms with Gasteiger partial charge in [-0.1, -0.05) is 23.8 Å². The standard InChI is InChI=1S/C15H13F3O2/c1-9-3-4-10(2)14(5-9)11-6-12(19)8-13(7-11)20-15(16,17)18/h3-8,19H,1-2H3. The quantitative estimate of drug-likeness (QED) is 0.874. The number of rotatable bonds is 2. The van der Waals surface area contributed by atoms with E-state index in [1.54, 1.807) is 0 Å². The summed E-state index contributed by atoms with van der Waals surface area (Å²) in [5.41, 5.74) is 3.12. The summed E-state index contributed by atoms with van der Waals surface area (Å²) in [6.45, 7) is 3.74. The average molecular weight is 282 g/mol. The van der Waals surface area contributed by atoms with Gasteiger partial charge in [0.05, 0.1) is 0 Å². The van der Waals surface area contributed by atoms with Crippen molar-refractivity contribution in [3.63, 3.8) is 0 Å². The maximum atomic E-state index is 12.2. The molecule has 5 heteroatoms. The molecule has 0 aromatic heterocycles. The summed E-state index contributed by atoms with van der Waals surface area (Å²) in [6, 6.07) is 9.23. The lowest BCUT2D eigenvalue weighted by atomic mass is 9.98. The van der Waals surface area contributed by atoms with E-state index in [4.69, 9.17) is 0 Å².